The van der Waals surface area contributed by atoms with Crippen LogP contribution in [0, 0.1) is 5.92 Å². The van der Waals surface area contributed by atoms with Gasteiger partial charge in [-0.25, -0.2) is 4.90 Å². The molecule has 1 aliphatic carbocycles. The van der Waals surface area contributed by atoms with Crippen LogP contribution < -0.4 is 9.80 Å². The second-order valence-corrected chi connectivity index (χ2v) is 11.7. The van der Waals surface area contributed by atoms with Crippen molar-refractivity contribution < 1.29 is 29.0 Å². The highest BCUT2D eigenvalue weighted by Gasteiger charge is 2.83. The van der Waals surface area contributed by atoms with Gasteiger partial charge in [0.2, 0.25) is 17.7 Å². The first-order valence-corrected chi connectivity index (χ1v) is 14.5. The molecule has 4 aromatic rings. The Labute approximate surface area is 254 Å². The topological polar surface area (TPSA) is 104 Å². The van der Waals surface area contributed by atoms with Crippen LogP contribution in [0.25, 0.3) is 0 Å². The van der Waals surface area contributed by atoms with Crippen molar-refractivity contribution in [3.63, 3.8) is 0 Å². The number of benzene rings is 4. The molecule has 44 heavy (non-hydrogen) atoms. The van der Waals surface area contributed by atoms with Crippen molar-refractivity contribution in [2.45, 2.75) is 36.3 Å². The predicted octanol–water partition coefficient (Wildman–Crippen LogP) is 4.38. The third-order valence-electron chi connectivity index (χ3n) is 9.71. The molecule has 0 radical (unpaired) electrons. The molecule has 8 heteroatoms. The van der Waals surface area contributed by atoms with Gasteiger partial charge in [0.05, 0.1) is 30.7 Å². The Morgan fingerprint density at radius 1 is 0.795 bits per heavy atom. The molecule has 1 fully saturated rings. The van der Waals surface area contributed by atoms with Crippen LogP contribution in [0.1, 0.15) is 35.6 Å². The summed E-state index contributed by atoms with van der Waals surface area (Å²) in [7, 11) is 1.21. The molecule has 3 amide bonds. The van der Waals surface area contributed by atoms with Gasteiger partial charge in [0, 0.05) is 19.0 Å². The van der Waals surface area contributed by atoms with E-state index in [0.717, 1.165) is 10.5 Å². The first kappa shape index (κ1) is 27.7. The summed E-state index contributed by atoms with van der Waals surface area (Å²) >= 11 is 0. The highest BCUT2D eigenvalue weighted by atomic mass is 16.5. The number of esters is 1. The minimum Gasteiger partial charge on any atom is -0.469 e. The number of rotatable bonds is 4. The molecular formula is C36H30N2O6. The average molecular weight is 587 g/mol. The van der Waals surface area contributed by atoms with Gasteiger partial charge in [-0.2, -0.15) is 0 Å². The third-order valence-corrected chi connectivity index (χ3v) is 9.71. The Morgan fingerprint density at radius 3 is 2.00 bits per heavy atom. The van der Waals surface area contributed by atoms with E-state index in [1.165, 1.54) is 14.0 Å². The lowest BCUT2D eigenvalue weighted by molar-refractivity contribution is -0.158. The van der Waals surface area contributed by atoms with E-state index < -0.39 is 46.0 Å². The fourth-order valence-corrected chi connectivity index (χ4v) is 8.11. The number of hydrogen-bond acceptors (Lipinski definition) is 6. The minimum atomic E-state index is -2.10. The lowest BCUT2D eigenvalue weighted by atomic mass is 9.60. The summed E-state index contributed by atoms with van der Waals surface area (Å²) in [5.74, 6) is -4.09. The molecule has 8 nitrogen and oxygen atoms in total. The van der Waals surface area contributed by atoms with E-state index in [4.69, 9.17) is 4.74 Å². The number of ether oxygens (including phenoxy) is 1. The smallest absolute Gasteiger partial charge is 0.311 e. The summed E-state index contributed by atoms with van der Waals surface area (Å²) in [4.78, 5) is 60.2. The summed E-state index contributed by atoms with van der Waals surface area (Å²) in [6, 6.07) is 32.0. The van der Waals surface area contributed by atoms with Gasteiger partial charge >= 0.3 is 5.97 Å². The molecule has 0 bridgehead atoms. The normalized spacial score (nSPS) is 26.8. The maximum Gasteiger partial charge on any atom is 0.311 e. The number of nitrogens with zero attached hydrogens (tertiary/aromatic N) is 2. The number of aliphatic hydroxyl groups is 1. The number of methoxy groups -OCH3 is 1. The SMILES string of the molecule is COC(=O)[C@H]1[C@@]2(C(=O)N(C(C)=O)c3ccccc32)[C@@](O)(c2ccccc2)C[C@]12C(=O)N(Cc1ccccc1)c1ccccc12. The second-order valence-electron chi connectivity index (χ2n) is 11.7. The van der Waals surface area contributed by atoms with E-state index in [0.29, 0.717) is 22.4 Å². The maximum absolute atomic E-state index is 15.1. The fourth-order valence-electron chi connectivity index (χ4n) is 8.11. The summed E-state index contributed by atoms with van der Waals surface area (Å²) in [5, 5.41) is 13.3. The zero-order chi connectivity index (χ0) is 30.9. The molecule has 3 aliphatic rings. The van der Waals surface area contributed by atoms with Gasteiger partial charge in [0.1, 0.15) is 11.0 Å². The molecule has 220 valence electrons. The molecule has 0 aromatic heterocycles. The number of carbonyl (C=O) groups is 4. The molecular weight excluding hydrogens is 556 g/mol. The van der Waals surface area contributed by atoms with E-state index in [9.17, 15) is 19.5 Å². The molecule has 4 atom stereocenters. The Balaban J connectivity index is 1.58. The fraction of sp³-hybridized carbons (Fsp3) is 0.222. The molecule has 0 unspecified atom stereocenters. The van der Waals surface area contributed by atoms with Crippen LogP contribution in [0.15, 0.2) is 109 Å². The van der Waals surface area contributed by atoms with E-state index in [1.54, 1.807) is 71.6 Å². The number of para-hydroxylation sites is 2. The number of imide groups is 1. The Hall–Kier alpha value is -5.08. The van der Waals surface area contributed by atoms with Crippen LogP contribution in [0.5, 0.6) is 0 Å². The number of fused-ring (bicyclic) bond motifs is 4. The zero-order valence-electron chi connectivity index (χ0n) is 24.3. The Kier molecular flexibility index (Phi) is 6.13. The first-order valence-electron chi connectivity index (χ1n) is 14.5. The third kappa shape index (κ3) is 3.31. The molecule has 7 rings (SSSR count). The second kappa shape index (κ2) is 9.72. The minimum absolute atomic E-state index is 0.215. The van der Waals surface area contributed by atoms with Crippen molar-refractivity contribution in [1.82, 2.24) is 0 Å². The van der Waals surface area contributed by atoms with Gasteiger partial charge in [0.15, 0.2) is 0 Å². The van der Waals surface area contributed by atoms with Gasteiger partial charge in [-0.3, -0.25) is 19.2 Å². The molecule has 4 aromatic carbocycles. The molecule has 1 N–H and O–H groups in total. The van der Waals surface area contributed by atoms with Crippen molar-refractivity contribution in [1.29, 1.82) is 0 Å². The largest absolute Gasteiger partial charge is 0.469 e. The summed E-state index contributed by atoms with van der Waals surface area (Å²) in [6.45, 7) is 1.48. The summed E-state index contributed by atoms with van der Waals surface area (Å²) in [6.07, 6.45) is -0.295. The van der Waals surface area contributed by atoms with Crippen LogP contribution in [-0.4, -0.2) is 35.9 Å². The lowest BCUT2D eigenvalue weighted by Crippen LogP contribution is -2.59. The van der Waals surface area contributed by atoms with Crippen LogP contribution in [0.2, 0.25) is 0 Å². The monoisotopic (exact) mass is 586 g/mol. The van der Waals surface area contributed by atoms with Crippen molar-refractivity contribution in [2.24, 2.45) is 5.92 Å². The standard InChI is InChI=1S/C36H30N2O6/c1-23(39)38-29-20-12-10-18-27(29)36(33(38)42)30(31(40)44-2)34(22-35(36,43)25-15-7-4-8-16-25)26-17-9-11-19-28(26)37(32(34)41)21-24-13-5-3-6-14-24/h3-20,30,43H,21-22H2,1-2H3/t30-,34-,35+,36+/m1/s1. The van der Waals surface area contributed by atoms with E-state index in [2.05, 4.69) is 0 Å². The summed E-state index contributed by atoms with van der Waals surface area (Å²) < 4.78 is 5.44. The number of hydrogen-bond donors (Lipinski definition) is 1. The highest BCUT2D eigenvalue weighted by molar-refractivity contribution is 6.25. The number of anilines is 2. The van der Waals surface area contributed by atoms with Crippen molar-refractivity contribution in [3.8, 4) is 0 Å². The van der Waals surface area contributed by atoms with Gasteiger partial charge < -0.3 is 14.7 Å². The van der Waals surface area contributed by atoms with Crippen LogP contribution in [-0.2, 0) is 46.9 Å². The highest BCUT2D eigenvalue weighted by Crippen LogP contribution is 2.71. The van der Waals surface area contributed by atoms with Gasteiger partial charge in [-0.1, -0.05) is 97.1 Å². The molecule has 1 saturated carbocycles. The van der Waals surface area contributed by atoms with E-state index in [-0.39, 0.29) is 18.7 Å². The van der Waals surface area contributed by atoms with Crippen LogP contribution in [0.4, 0.5) is 11.4 Å². The van der Waals surface area contributed by atoms with Gasteiger partial charge in [-0.05, 0) is 34.4 Å². The van der Waals surface area contributed by atoms with E-state index in [1.807, 2.05) is 42.5 Å². The average Bonchev–Trinajstić information content (AvgIpc) is 3.56. The molecule has 2 heterocycles. The quantitative estimate of drug-likeness (QED) is 0.356. The van der Waals surface area contributed by atoms with Crippen LogP contribution >= 0.6 is 0 Å². The predicted molar refractivity (Wildman–Crippen MR) is 163 cm³/mol. The Bertz CT molecular complexity index is 1840. The first-order chi connectivity index (χ1) is 21.2. The van der Waals surface area contributed by atoms with Crippen molar-refractivity contribution >= 4 is 35.1 Å². The molecule has 0 saturated heterocycles. The van der Waals surface area contributed by atoms with Crippen molar-refractivity contribution in [3.05, 3.63) is 131 Å². The van der Waals surface area contributed by atoms with Gasteiger partial charge in [0.25, 0.3) is 0 Å². The van der Waals surface area contributed by atoms with Crippen LogP contribution in [0.3, 0.4) is 0 Å². The number of carbonyl (C=O) groups excluding carboxylic acids is 4. The number of amides is 3. The molecule has 2 spiro atoms. The van der Waals surface area contributed by atoms with E-state index >= 15 is 4.79 Å². The Morgan fingerprint density at radius 2 is 1.36 bits per heavy atom. The maximum atomic E-state index is 15.1. The lowest BCUT2D eigenvalue weighted by Gasteiger charge is -2.41. The zero-order valence-corrected chi connectivity index (χ0v) is 24.3. The van der Waals surface area contributed by atoms with Crippen molar-refractivity contribution in [2.75, 3.05) is 16.9 Å². The molecule has 2 aliphatic heterocycles. The summed E-state index contributed by atoms with van der Waals surface area (Å²) in [5.41, 5.74) is -2.98. The van der Waals surface area contributed by atoms with Gasteiger partial charge in [-0.15, -0.1) is 0 Å².